The van der Waals surface area contributed by atoms with Crippen molar-refractivity contribution in [3.05, 3.63) is 36.5 Å². The second-order valence-corrected chi connectivity index (χ2v) is 2.03. The summed E-state index contributed by atoms with van der Waals surface area (Å²) in [6.45, 7) is 15.3. The first kappa shape index (κ1) is 12.0. The van der Waals surface area contributed by atoms with Crippen LogP contribution in [0.1, 0.15) is 27.7 Å². The molecular weight excluding hydrogens is 120 g/mol. The zero-order valence-corrected chi connectivity index (χ0v) is 7.57. The molecule has 0 heterocycles. The van der Waals surface area contributed by atoms with E-state index in [9.17, 15) is 0 Å². The molecule has 0 aliphatic heterocycles. The van der Waals surface area contributed by atoms with Gasteiger partial charge in [0, 0.05) is 0 Å². The van der Waals surface area contributed by atoms with Crippen LogP contribution in [0.15, 0.2) is 36.5 Å². The highest BCUT2D eigenvalue weighted by Crippen LogP contribution is 1.94. The third-order valence-corrected chi connectivity index (χ3v) is 0.652. The van der Waals surface area contributed by atoms with Gasteiger partial charge < -0.3 is 0 Å². The Morgan fingerprint density at radius 1 is 0.900 bits per heavy atom. The van der Waals surface area contributed by atoms with E-state index in [1.807, 2.05) is 39.8 Å². The highest BCUT2D eigenvalue weighted by molar-refractivity contribution is 5.20. The van der Waals surface area contributed by atoms with Crippen molar-refractivity contribution >= 4 is 0 Å². The van der Waals surface area contributed by atoms with Crippen LogP contribution in [-0.2, 0) is 0 Å². The van der Waals surface area contributed by atoms with Gasteiger partial charge in [0.2, 0.25) is 0 Å². The lowest BCUT2D eigenvalue weighted by Crippen LogP contribution is -1.62. The number of rotatable bonds is 2. The van der Waals surface area contributed by atoms with Gasteiger partial charge in [-0.2, -0.15) is 0 Å². The van der Waals surface area contributed by atoms with Crippen LogP contribution in [0, 0.1) is 0 Å². The van der Waals surface area contributed by atoms with Crippen LogP contribution in [0.2, 0.25) is 0 Å². The lowest BCUT2D eigenvalue weighted by molar-refractivity contribution is 1.50. The SMILES string of the molecule is C=C(C)/C=C\C(=C)C.CC. The Labute approximate surface area is 65.0 Å². The van der Waals surface area contributed by atoms with Gasteiger partial charge in [0.15, 0.2) is 0 Å². The third kappa shape index (κ3) is 15.7. The van der Waals surface area contributed by atoms with Gasteiger partial charge in [-0.3, -0.25) is 0 Å². The van der Waals surface area contributed by atoms with Crippen LogP contribution in [0.4, 0.5) is 0 Å². The summed E-state index contributed by atoms with van der Waals surface area (Å²) in [4.78, 5) is 0. The minimum atomic E-state index is 1.06. The Kier molecular flexibility index (Phi) is 9.82. The molecule has 0 spiro atoms. The highest BCUT2D eigenvalue weighted by Gasteiger charge is 1.72. The topological polar surface area (TPSA) is 0 Å². The van der Waals surface area contributed by atoms with Gasteiger partial charge in [-0.05, 0) is 13.8 Å². The minimum Gasteiger partial charge on any atom is -0.0961 e. The molecule has 0 aromatic carbocycles. The second kappa shape index (κ2) is 8.22. The average Bonchev–Trinajstić information content (AvgIpc) is 1.89. The van der Waals surface area contributed by atoms with E-state index in [4.69, 9.17) is 0 Å². The van der Waals surface area contributed by atoms with E-state index in [-0.39, 0.29) is 0 Å². The molecule has 0 N–H and O–H groups in total. The van der Waals surface area contributed by atoms with Gasteiger partial charge in [0.1, 0.15) is 0 Å². The fourth-order valence-electron chi connectivity index (χ4n) is 0.285. The molecule has 0 heteroatoms. The Bertz CT molecular complexity index is 111. The van der Waals surface area contributed by atoms with Crippen molar-refractivity contribution in [2.45, 2.75) is 27.7 Å². The fourth-order valence-corrected chi connectivity index (χ4v) is 0.285. The van der Waals surface area contributed by atoms with Crippen LogP contribution >= 0.6 is 0 Å². The van der Waals surface area contributed by atoms with E-state index in [2.05, 4.69) is 13.2 Å². The average molecular weight is 138 g/mol. The van der Waals surface area contributed by atoms with Crippen LogP contribution in [0.25, 0.3) is 0 Å². The number of hydrogen-bond acceptors (Lipinski definition) is 0. The summed E-state index contributed by atoms with van der Waals surface area (Å²) in [7, 11) is 0. The molecule has 0 amide bonds. The van der Waals surface area contributed by atoms with Crippen molar-refractivity contribution in [1.29, 1.82) is 0 Å². The van der Waals surface area contributed by atoms with Crippen molar-refractivity contribution in [2.24, 2.45) is 0 Å². The smallest absolute Gasteiger partial charge is 0.0404 e. The third-order valence-electron chi connectivity index (χ3n) is 0.652. The first-order chi connectivity index (χ1) is 4.63. The second-order valence-electron chi connectivity index (χ2n) is 2.03. The molecule has 0 rings (SSSR count). The van der Waals surface area contributed by atoms with Gasteiger partial charge in [-0.1, -0.05) is 50.3 Å². The van der Waals surface area contributed by atoms with E-state index < -0.39 is 0 Å². The van der Waals surface area contributed by atoms with Crippen molar-refractivity contribution in [3.8, 4) is 0 Å². The maximum Gasteiger partial charge on any atom is -0.0404 e. The molecule has 0 radical (unpaired) electrons. The van der Waals surface area contributed by atoms with Crippen molar-refractivity contribution < 1.29 is 0 Å². The minimum absolute atomic E-state index is 1.06. The largest absolute Gasteiger partial charge is 0.0961 e. The van der Waals surface area contributed by atoms with E-state index in [0.29, 0.717) is 0 Å². The molecule has 0 aliphatic rings. The Morgan fingerprint density at radius 2 is 1.10 bits per heavy atom. The van der Waals surface area contributed by atoms with Crippen LogP contribution in [0.5, 0.6) is 0 Å². The summed E-state index contributed by atoms with van der Waals surface area (Å²) < 4.78 is 0. The molecule has 0 fully saturated rings. The molecule has 0 nitrogen and oxygen atoms in total. The first-order valence-electron chi connectivity index (χ1n) is 3.62. The molecule has 10 heavy (non-hydrogen) atoms. The van der Waals surface area contributed by atoms with Crippen LogP contribution in [0.3, 0.4) is 0 Å². The maximum atomic E-state index is 3.70. The molecular formula is C10H18. The fraction of sp³-hybridized carbons (Fsp3) is 0.400. The predicted molar refractivity (Wildman–Crippen MR) is 50.1 cm³/mol. The summed E-state index contributed by atoms with van der Waals surface area (Å²) in [6, 6.07) is 0. The number of hydrogen-bond donors (Lipinski definition) is 0. The maximum absolute atomic E-state index is 3.70. The molecule has 0 atom stereocenters. The zero-order chi connectivity index (χ0) is 8.57. The van der Waals surface area contributed by atoms with Gasteiger partial charge in [-0.25, -0.2) is 0 Å². The summed E-state index contributed by atoms with van der Waals surface area (Å²) in [5, 5.41) is 0. The van der Waals surface area contributed by atoms with E-state index in [0.717, 1.165) is 11.1 Å². The number of allylic oxidation sites excluding steroid dienone is 4. The van der Waals surface area contributed by atoms with Gasteiger partial charge >= 0.3 is 0 Å². The molecule has 58 valence electrons. The monoisotopic (exact) mass is 138 g/mol. The van der Waals surface area contributed by atoms with Crippen molar-refractivity contribution in [3.63, 3.8) is 0 Å². The highest BCUT2D eigenvalue weighted by atomic mass is 13.8. The molecule has 0 unspecified atom stereocenters. The lowest BCUT2D eigenvalue weighted by atomic mass is 10.2. The zero-order valence-electron chi connectivity index (χ0n) is 7.57. The Balaban J connectivity index is 0. The van der Waals surface area contributed by atoms with Crippen molar-refractivity contribution in [1.82, 2.24) is 0 Å². The molecule has 0 saturated carbocycles. The Morgan fingerprint density at radius 3 is 1.20 bits per heavy atom. The molecule has 0 saturated heterocycles. The van der Waals surface area contributed by atoms with Crippen molar-refractivity contribution in [2.75, 3.05) is 0 Å². The van der Waals surface area contributed by atoms with Gasteiger partial charge in [0.25, 0.3) is 0 Å². The van der Waals surface area contributed by atoms with E-state index in [1.54, 1.807) is 0 Å². The molecule has 0 aromatic heterocycles. The summed E-state index contributed by atoms with van der Waals surface area (Å²) in [5.41, 5.74) is 2.13. The van der Waals surface area contributed by atoms with Crippen LogP contribution < -0.4 is 0 Å². The summed E-state index contributed by atoms with van der Waals surface area (Å²) in [5.74, 6) is 0. The van der Waals surface area contributed by atoms with Crippen LogP contribution in [-0.4, -0.2) is 0 Å². The standard InChI is InChI=1S/C8H12.C2H6/c1-7(2)5-6-8(3)4;1-2/h5-6H,1,3H2,2,4H3;1-2H3/b6-5-;. The summed E-state index contributed by atoms with van der Waals surface area (Å²) >= 11 is 0. The lowest BCUT2D eigenvalue weighted by Gasteiger charge is -1.84. The molecule has 0 bridgehead atoms. The quantitative estimate of drug-likeness (QED) is 0.510. The van der Waals surface area contributed by atoms with E-state index in [1.165, 1.54) is 0 Å². The normalized spacial score (nSPS) is 8.40. The Hall–Kier alpha value is -0.780. The first-order valence-corrected chi connectivity index (χ1v) is 3.62. The molecule has 0 aliphatic carbocycles. The predicted octanol–water partition coefficient (Wildman–Crippen LogP) is 3.72. The van der Waals surface area contributed by atoms with Gasteiger partial charge in [0.05, 0.1) is 0 Å². The summed E-state index contributed by atoms with van der Waals surface area (Å²) in [6.07, 6.45) is 3.89. The van der Waals surface area contributed by atoms with Gasteiger partial charge in [-0.15, -0.1) is 0 Å². The van der Waals surface area contributed by atoms with E-state index >= 15 is 0 Å². The molecule has 0 aromatic rings.